The van der Waals surface area contributed by atoms with Gasteiger partial charge in [0.15, 0.2) is 0 Å². The van der Waals surface area contributed by atoms with Crippen LogP contribution in [0.15, 0.2) is 11.6 Å². The van der Waals surface area contributed by atoms with Crippen molar-refractivity contribution in [1.29, 1.82) is 0 Å². The van der Waals surface area contributed by atoms with E-state index in [0.717, 1.165) is 12.6 Å². The second-order valence-corrected chi connectivity index (χ2v) is 7.94. The number of rotatable bonds is 7. The van der Waals surface area contributed by atoms with Crippen molar-refractivity contribution in [2.45, 2.75) is 65.7 Å². The maximum atomic E-state index is 13.3. The molecule has 1 heterocycles. The van der Waals surface area contributed by atoms with Crippen LogP contribution in [0.3, 0.4) is 0 Å². The molecule has 184 valence electrons. The molecule has 6 nitrogen and oxygen atoms in total. The van der Waals surface area contributed by atoms with Crippen LogP contribution in [-0.4, -0.2) is 38.2 Å². The summed E-state index contributed by atoms with van der Waals surface area (Å²) in [5, 5.41) is 0. The van der Waals surface area contributed by atoms with E-state index in [1.165, 1.54) is 7.11 Å². The maximum absolute atomic E-state index is 13.3. The van der Waals surface area contributed by atoms with E-state index in [0.29, 0.717) is 40.0 Å². The molecule has 0 aromatic heterocycles. The molecular formula is C25H28F3NO5. The minimum absolute atomic E-state index is 0.0274. The molecule has 9 heteroatoms. The third-order valence-electron chi connectivity index (χ3n) is 5.70. The van der Waals surface area contributed by atoms with Crippen LogP contribution in [0, 0.1) is 18.8 Å². The number of alkyl halides is 3. The lowest BCUT2D eigenvalue weighted by Crippen LogP contribution is -2.40. The van der Waals surface area contributed by atoms with E-state index in [2.05, 4.69) is 16.6 Å². The number of carbonyl (C=O) groups excluding carboxylic acids is 3. The lowest BCUT2D eigenvalue weighted by Gasteiger charge is -2.26. The predicted octanol–water partition coefficient (Wildman–Crippen LogP) is 4.59. The summed E-state index contributed by atoms with van der Waals surface area (Å²) < 4.78 is 49.8. The number of carbonyl (C=O) groups is 3. The fourth-order valence-corrected chi connectivity index (χ4v) is 3.82. The largest absolute Gasteiger partial charge is 0.471 e. The second kappa shape index (κ2) is 11.2. The van der Waals surface area contributed by atoms with E-state index >= 15 is 0 Å². The van der Waals surface area contributed by atoms with Crippen molar-refractivity contribution in [2.24, 2.45) is 0 Å². The lowest BCUT2D eigenvalue weighted by molar-refractivity contribution is -0.170. The molecular weight excluding hydrogens is 451 g/mol. The van der Waals surface area contributed by atoms with Crippen LogP contribution in [0.2, 0.25) is 0 Å². The van der Waals surface area contributed by atoms with E-state index in [1.807, 2.05) is 6.92 Å². The average molecular weight is 479 g/mol. The molecule has 0 bridgehead atoms. The van der Waals surface area contributed by atoms with Crippen molar-refractivity contribution in [1.82, 2.24) is 0 Å². The van der Waals surface area contributed by atoms with Crippen LogP contribution in [0.5, 0.6) is 0 Å². The topological polar surface area (TPSA) is 72.9 Å². The molecule has 0 radical (unpaired) electrons. The molecule has 1 aromatic rings. The highest BCUT2D eigenvalue weighted by molar-refractivity contribution is 6.07. The number of anilines is 1. The molecule has 0 saturated heterocycles. The van der Waals surface area contributed by atoms with Gasteiger partial charge in [0.25, 0.3) is 0 Å². The lowest BCUT2D eigenvalue weighted by atomic mass is 9.87. The molecule has 1 amide bonds. The molecule has 0 aliphatic carbocycles. The monoisotopic (exact) mass is 479 g/mol. The Morgan fingerprint density at radius 3 is 2.47 bits per heavy atom. The van der Waals surface area contributed by atoms with Gasteiger partial charge < -0.3 is 14.4 Å². The van der Waals surface area contributed by atoms with Gasteiger partial charge in [0, 0.05) is 31.9 Å². The highest BCUT2D eigenvalue weighted by atomic mass is 19.4. The van der Waals surface area contributed by atoms with E-state index in [9.17, 15) is 27.6 Å². The molecule has 0 N–H and O–H groups in total. The highest BCUT2D eigenvalue weighted by Crippen LogP contribution is 2.40. The Morgan fingerprint density at radius 2 is 1.88 bits per heavy atom. The first kappa shape index (κ1) is 27.0. The van der Waals surface area contributed by atoms with E-state index < -0.39 is 18.1 Å². The maximum Gasteiger partial charge on any atom is 0.471 e. The van der Waals surface area contributed by atoms with Crippen LogP contribution in [0.1, 0.15) is 65.7 Å². The van der Waals surface area contributed by atoms with Crippen LogP contribution < -0.4 is 4.90 Å². The Kier molecular flexibility index (Phi) is 8.91. The highest BCUT2D eigenvalue weighted by Gasteiger charge is 2.44. The summed E-state index contributed by atoms with van der Waals surface area (Å²) in [4.78, 5) is 36.7. The Labute approximate surface area is 197 Å². The van der Waals surface area contributed by atoms with Crippen molar-refractivity contribution >= 4 is 23.5 Å². The zero-order chi connectivity index (χ0) is 25.6. The number of cyclic esters (lactones) is 1. The van der Waals surface area contributed by atoms with Gasteiger partial charge in [-0.3, -0.25) is 9.59 Å². The molecule has 1 aliphatic heterocycles. The first-order chi connectivity index (χ1) is 15.9. The number of benzene rings is 1. The first-order valence-corrected chi connectivity index (χ1v) is 10.8. The summed E-state index contributed by atoms with van der Waals surface area (Å²) in [5.41, 5.74) is 2.90. The standard InChI is InChI=1S/C25H28F3NO5/c1-6-7-8-9-17-16(3)19-14-34-23(31)21(19)22(29(4)24(32)25(26,27)28)18(17)12-10-15(2)11-13-20(30)33-5/h10H,6,9,11-14H2,1-5H3. The Morgan fingerprint density at radius 1 is 1.21 bits per heavy atom. The van der Waals surface area contributed by atoms with E-state index in [-0.39, 0.29) is 43.1 Å². The Bertz CT molecular complexity index is 1080. The van der Waals surface area contributed by atoms with Gasteiger partial charge in [-0.15, -0.1) is 5.92 Å². The summed E-state index contributed by atoms with van der Waals surface area (Å²) >= 11 is 0. The fraction of sp³-hybridized carbons (Fsp3) is 0.480. The first-order valence-electron chi connectivity index (χ1n) is 10.8. The van der Waals surface area contributed by atoms with Crippen molar-refractivity contribution in [3.63, 3.8) is 0 Å². The minimum Gasteiger partial charge on any atom is -0.469 e. The van der Waals surface area contributed by atoms with Gasteiger partial charge in [-0.05, 0) is 43.4 Å². The summed E-state index contributed by atoms with van der Waals surface area (Å²) in [7, 11) is 2.29. The summed E-state index contributed by atoms with van der Waals surface area (Å²) in [6.07, 6.45) is -1.81. The number of nitrogens with zero attached hydrogens (tertiary/aromatic N) is 1. The summed E-state index contributed by atoms with van der Waals surface area (Å²) in [6.45, 7) is 5.36. The third-order valence-corrected chi connectivity index (χ3v) is 5.70. The van der Waals surface area contributed by atoms with Gasteiger partial charge in [0.05, 0.1) is 18.4 Å². The fourth-order valence-electron chi connectivity index (χ4n) is 3.82. The molecule has 1 aromatic carbocycles. The van der Waals surface area contributed by atoms with Gasteiger partial charge in [-0.2, -0.15) is 13.2 Å². The normalized spacial score (nSPS) is 13.1. The van der Waals surface area contributed by atoms with Gasteiger partial charge in [-0.25, -0.2) is 4.79 Å². The molecule has 34 heavy (non-hydrogen) atoms. The van der Waals surface area contributed by atoms with Crippen LogP contribution in [-0.2, 0) is 38.5 Å². The average Bonchev–Trinajstić information content (AvgIpc) is 3.17. The number of allylic oxidation sites excluding steroid dienone is 2. The van der Waals surface area contributed by atoms with Gasteiger partial charge in [0.2, 0.25) is 0 Å². The minimum atomic E-state index is -5.12. The number of ether oxygens (including phenoxy) is 2. The molecule has 1 aliphatic rings. The SMILES string of the molecule is CCC#CCc1c(C)c2c(c(N(C)C(=O)C(F)(F)F)c1CC=C(C)CCC(=O)OC)C(=O)OC2. The Balaban J connectivity index is 2.70. The second-order valence-electron chi connectivity index (χ2n) is 7.94. The van der Waals surface area contributed by atoms with Crippen LogP contribution in [0.25, 0.3) is 0 Å². The molecule has 0 spiro atoms. The Hall–Kier alpha value is -3.28. The van der Waals surface area contributed by atoms with Crippen molar-refractivity contribution in [3.05, 3.63) is 39.5 Å². The van der Waals surface area contributed by atoms with E-state index in [1.54, 1.807) is 19.9 Å². The zero-order valence-electron chi connectivity index (χ0n) is 19.9. The summed E-state index contributed by atoms with van der Waals surface area (Å²) in [6, 6.07) is 0. The molecule has 2 rings (SSSR count). The molecule has 0 atom stereocenters. The summed E-state index contributed by atoms with van der Waals surface area (Å²) in [5.74, 6) is 2.73. The third kappa shape index (κ3) is 5.99. The van der Waals surface area contributed by atoms with Gasteiger partial charge in [0.1, 0.15) is 6.61 Å². The number of esters is 2. The number of methoxy groups -OCH3 is 1. The van der Waals surface area contributed by atoms with Crippen molar-refractivity contribution < 1.29 is 37.0 Å². The molecule has 0 unspecified atom stereocenters. The van der Waals surface area contributed by atoms with Crippen LogP contribution in [0.4, 0.5) is 18.9 Å². The number of halogens is 3. The predicted molar refractivity (Wildman–Crippen MR) is 120 cm³/mol. The van der Waals surface area contributed by atoms with Crippen molar-refractivity contribution in [2.75, 3.05) is 19.1 Å². The number of hydrogen-bond donors (Lipinski definition) is 0. The van der Waals surface area contributed by atoms with E-state index in [4.69, 9.17) is 4.74 Å². The number of hydrogen-bond acceptors (Lipinski definition) is 5. The smallest absolute Gasteiger partial charge is 0.469 e. The molecule has 0 saturated carbocycles. The van der Waals surface area contributed by atoms with Crippen molar-refractivity contribution in [3.8, 4) is 11.8 Å². The quantitative estimate of drug-likeness (QED) is 0.325. The number of fused-ring (bicyclic) bond motifs is 1. The number of amides is 1. The zero-order valence-corrected chi connectivity index (χ0v) is 19.9. The van der Waals surface area contributed by atoms with Gasteiger partial charge >= 0.3 is 24.0 Å². The molecule has 0 fully saturated rings. The van der Waals surface area contributed by atoms with Gasteiger partial charge in [-0.1, -0.05) is 24.5 Å². The van der Waals surface area contributed by atoms with Crippen LogP contribution >= 0.6 is 0 Å².